The van der Waals surface area contributed by atoms with E-state index >= 15 is 0 Å². The maximum Gasteiger partial charge on any atom is 0.337 e. The minimum Gasteiger partial charge on any atom is -0.478 e. The number of aromatic nitrogens is 2. The Morgan fingerprint density at radius 3 is 2.35 bits per heavy atom. The van der Waals surface area contributed by atoms with E-state index < -0.39 is 11.4 Å². The molecule has 2 aromatic heterocycles. The van der Waals surface area contributed by atoms with E-state index in [1.54, 1.807) is 31.5 Å². The molecule has 0 fully saturated rings. The summed E-state index contributed by atoms with van der Waals surface area (Å²) in [6.07, 6.45) is 4.52. The zero-order valence-corrected chi connectivity index (χ0v) is 13.5. The highest BCUT2D eigenvalue weighted by Gasteiger charge is 2.21. The Labute approximate surface area is 134 Å². The summed E-state index contributed by atoms with van der Waals surface area (Å²) < 4.78 is 0. The Kier molecular flexibility index (Phi) is 4.45. The molecule has 1 amide bonds. The molecule has 0 unspecified atom stereocenters. The van der Waals surface area contributed by atoms with Crippen LogP contribution in [0, 0.1) is 12.3 Å². The molecule has 6 nitrogen and oxygen atoms in total. The molecule has 0 bridgehead atoms. The summed E-state index contributed by atoms with van der Waals surface area (Å²) >= 11 is 0. The van der Waals surface area contributed by atoms with Crippen molar-refractivity contribution in [3.05, 3.63) is 41.9 Å². The molecule has 0 aliphatic heterocycles. The molecule has 0 aliphatic carbocycles. The third kappa shape index (κ3) is 3.71. The van der Waals surface area contributed by atoms with Gasteiger partial charge in [0.2, 0.25) is 5.91 Å². The minimum absolute atomic E-state index is 0.122. The smallest absolute Gasteiger partial charge is 0.337 e. The van der Waals surface area contributed by atoms with E-state index in [-0.39, 0.29) is 11.5 Å². The topological polar surface area (TPSA) is 92.2 Å². The summed E-state index contributed by atoms with van der Waals surface area (Å²) in [6.45, 7) is 7.20. The van der Waals surface area contributed by atoms with Crippen molar-refractivity contribution in [1.82, 2.24) is 9.97 Å². The lowest BCUT2D eigenvalue weighted by Gasteiger charge is -2.17. The number of anilines is 1. The van der Waals surface area contributed by atoms with Crippen LogP contribution in [0.25, 0.3) is 11.1 Å². The average molecular weight is 313 g/mol. The van der Waals surface area contributed by atoms with Gasteiger partial charge in [0, 0.05) is 35.1 Å². The number of nitrogens with zero attached hydrogens (tertiary/aromatic N) is 2. The first-order valence-electron chi connectivity index (χ1n) is 7.16. The van der Waals surface area contributed by atoms with E-state index in [1.807, 2.05) is 20.8 Å². The fourth-order valence-electron chi connectivity index (χ4n) is 1.96. The Bertz CT molecular complexity index is 747. The fraction of sp³-hybridized carbons (Fsp3) is 0.294. The first kappa shape index (κ1) is 16.6. The molecule has 0 aliphatic rings. The lowest BCUT2D eigenvalue weighted by molar-refractivity contribution is -0.123. The van der Waals surface area contributed by atoms with E-state index in [2.05, 4.69) is 15.3 Å². The maximum absolute atomic E-state index is 11.9. The second-order valence-corrected chi connectivity index (χ2v) is 6.30. The Balaban J connectivity index is 2.29. The van der Waals surface area contributed by atoms with Gasteiger partial charge in [-0.1, -0.05) is 20.8 Å². The molecule has 2 rings (SSSR count). The van der Waals surface area contributed by atoms with Crippen molar-refractivity contribution in [3.8, 4) is 11.1 Å². The Hall–Kier alpha value is -2.76. The van der Waals surface area contributed by atoms with Crippen molar-refractivity contribution >= 4 is 17.7 Å². The molecular weight excluding hydrogens is 294 g/mol. The highest BCUT2D eigenvalue weighted by atomic mass is 16.4. The monoisotopic (exact) mass is 313 g/mol. The van der Waals surface area contributed by atoms with Gasteiger partial charge in [-0.3, -0.25) is 9.78 Å². The van der Waals surface area contributed by atoms with Crippen LogP contribution in [0.3, 0.4) is 0 Å². The molecule has 23 heavy (non-hydrogen) atoms. The molecule has 0 atom stereocenters. The third-order valence-electron chi connectivity index (χ3n) is 3.44. The number of aromatic carboxylic acids is 1. The summed E-state index contributed by atoms with van der Waals surface area (Å²) in [5.41, 5.74) is 1.72. The van der Waals surface area contributed by atoms with Gasteiger partial charge in [0.15, 0.2) is 0 Å². The van der Waals surface area contributed by atoms with Crippen LogP contribution in [-0.2, 0) is 4.79 Å². The molecule has 0 saturated heterocycles. The number of carbonyl (C=O) groups excluding carboxylic acids is 1. The quantitative estimate of drug-likeness (QED) is 0.908. The molecule has 0 saturated carbocycles. The molecular formula is C17H19N3O3. The van der Waals surface area contributed by atoms with Crippen LogP contribution in [0.15, 0.2) is 30.7 Å². The lowest BCUT2D eigenvalue weighted by Crippen LogP contribution is -2.27. The molecule has 0 radical (unpaired) electrons. The van der Waals surface area contributed by atoms with Crippen LogP contribution >= 0.6 is 0 Å². The van der Waals surface area contributed by atoms with E-state index in [0.29, 0.717) is 16.9 Å². The number of hydrogen-bond donors (Lipinski definition) is 2. The maximum atomic E-state index is 11.9. The average Bonchev–Trinajstić information content (AvgIpc) is 2.47. The van der Waals surface area contributed by atoms with Crippen LogP contribution in [-0.4, -0.2) is 27.0 Å². The number of carboxylic acid groups (broad SMARTS) is 1. The van der Waals surface area contributed by atoms with Crippen LogP contribution in [0.2, 0.25) is 0 Å². The normalized spacial score (nSPS) is 11.1. The second kappa shape index (κ2) is 6.16. The number of hydrogen-bond acceptors (Lipinski definition) is 4. The van der Waals surface area contributed by atoms with Gasteiger partial charge in [-0.2, -0.15) is 0 Å². The van der Waals surface area contributed by atoms with Gasteiger partial charge in [-0.05, 0) is 24.6 Å². The molecule has 0 aromatic carbocycles. The molecule has 6 heteroatoms. The lowest BCUT2D eigenvalue weighted by atomic mass is 9.96. The van der Waals surface area contributed by atoms with Gasteiger partial charge in [-0.15, -0.1) is 0 Å². The standard InChI is InChI=1S/C17H19N3O3/c1-10-12(8-18-9-13(10)15(21)22)11-5-6-14(19-7-11)20-16(23)17(2,3)4/h5-9H,1-4H3,(H,21,22)(H,19,20,23). The molecule has 0 spiro atoms. The van der Waals surface area contributed by atoms with Gasteiger partial charge >= 0.3 is 5.97 Å². The molecule has 2 heterocycles. The zero-order valence-electron chi connectivity index (χ0n) is 13.5. The second-order valence-electron chi connectivity index (χ2n) is 6.30. The first-order chi connectivity index (χ1) is 10.7. The summed E-state index contributed by atoms with van der Waals surface area (Å²) in [5.74, 6) is -0.684. The number of nitrogens with one attached hydrogen (secondary N) is 1. The van der Waals surface area contributed by atoms with Crippen molar-refractivity contribution in [2.45, 2.75) is 27.7 Å². The van der Waals surface area contributed by atoms with Gasteiger partial charge < -0.3 is 10.4 Å². The zero-order chi connectivity index (χ0) is 17.2. The summed E-state index contributed by atoms with van der Waals surface area (Å²) in [6, 6.07) is 3.47. The van der Waals surface area contributed by atoms with E-state index in [4.69, 9.17) is 5.11 Å². The highest BCUT2D eigenvalue weighted by molar-refractivity contribution is 5.94. The van der Waals surface area contributed by atoms with Crippen molar-refractivity contribution in [3.63, 3.8) is 0 Å². The van der Waals surface area contributed by atoms with Crippen LogP contribution in [0.4, 0.5) is 5.82 Å². The van der Waals surface area contributed by atoms with Gasteiger partial charge in [0.25, 0.3) is 0 Å². The van der Waals surface area contributed by atoms with Crippen molar-refractivity contribution in [2.75, 3.05) is 5.32 Å². The van der Waals surface area contributed by atoms with Crippen molar-refractivity contribution in [2.24, 2.45) is 5.41 Å². The highest BCUT2D eigenvalue weighted by Crippen LogP contribution is 2.25. The fourth-order valence-corrected chi connectivity index (χ4v) is 1.96. The molecule has 2 aromatic rings. The molecule has 2 N–H and O–H groups in total. The summed E-state index contributed by atoms with van der Waals surface area (Å²) in [5, 5.41) is 11.9. The van der Waals surface area contributed by atoms with Crippen molar-refractivity contribution < 1.29 is 14.7 Å². The van der Waals surface area contributed by atoms with Crippen LogP contribution < -0.4 is 5.32 Å². The van der Waals surface area contributed by atoms with Gasteiger partial charge in [0.05, 0.1) is 5.56 Å². The summed E-state index contributed by atoms with van der Waals surface area (Å²) in [4.78, 5) is 31.3. The molecule has 120 valence electrons. The van der Waals surface area contributed by atoms with Crippen LogP contribution in [0.1, 0.15) is 36.7 Å². The largest absolute Gasteiger partial charge is 0.478 e. The number of amides is 1. The summed E-state index contributed by atoms with van der Waals surface area (Å²) in [7, 11) is 0. The number of carboxylic acids is 1. The predicted molar refractivity (Wildman–Crippen MR) is 87.2 cm³/mol. The first-order valence-corrected chi connectivity index (χ1v) is 7.16. The SMILES string of the molecule is Cc1c(C(=O)O)cncc1-c1ccc(NC(=O)C(C)(C)C)nc1. The number of pyridine rings is 2. The number of carbonyl (C=O) groups is 2. The minimum atomic E-state index is -1.01. The Morgan fingerprint density at radius 1 is 1.13 bits per heavy atom. The van der Waals surface area contributed by atoms with Gasteiger partial charge in [0.1, 0.15) is 5.82 Å². The third-order valence-corrected chi connectivity index (χ3v) is 3.44. The van der Waals surface area contributed by atoms with E-state index in [1.165, 1.54) is 6.20 Å². The number of rotatable bonds is 3. The van der Waals surface area contributed by atoms with Gasteiger partial charge in [-0.25, -0.2) is 9.78 Å². The van der Waals surface area contributed by atoms with Crippen LogP contribution in [0.5, 0.6) is 0 Å². The predicted octanol–water partition coefficient (Wildman–Crippen LogP) is 3.13. The van der Waals surface area contributed by atoms with E-state index in [9.17, 15) is 9.59 Å². The van der Waals surface area contributed by atoms with E-state index in [0.717, 1.165) is 5.56 Å². The Morgan fingerprint density at radius 2 is 1.83 bits per heavy atom. The van der Waals surface area contributed by atoms with Crippen molar-refractivity contribution in [1.29, 1.82) is 0 Å².